The van der Waals surface area contributed by atoms with E-state index in [-0.39, 0.29) is 9.88 Å². The summed E-state index contributed by atoms with van der Waals surface area (Å²) in [6.07, 6.45) is 2.41. The number of hydrogen-bond acceptors (Lipinski definition) is 4. The molecule has 21 heavy (non-hydrogen) atoms. The molecule has 2 rings (SSSR count). The Labute approximate surface area is 131 Å². The number of thiocarbonyl (C=S) groups is 1. The summed E-state index contributed by atoms with van der Waals surface area (Å²) in [5, 5.41) is 0. The quantitative estimate of drug-likeness (QED) is 0.731. The fourth-order valence-electron chi connectivity index (χ4n) is 2.17. The van der Waals surface area contributed by atoms with Crippen LogP contribution in [0.4, 0.5) is 0 Å². The van der Waals surface area contributed by atoms with Crippen LogP contribution < -0.4 is 10.5 Å². The Morgan fingerprint density at radius 1 is 1.48 bits per heavy atom. The molecule has 0 spiro atoms. The number of likely N-dealkylation sites (N-methyl/N-ethyl adjacent to an activating group) is 1. The van der Waals surface area contributed by atoms with Gasteiger partial charge in [0.1, 0.15) is 4.99 Å². The number of aryl methyl sites for hydroxylation is 1. The van der Waals surface area contributed by atoms with Gasteiger partial charge in [-0.3, -0.25) is 0 Å². The van der Waals surface area contributed by atoms with Crippen molar-refractivity contribution in [3.05, 3.63) is 29.3 Å². The molecule has 0 saturated heterocycles. The van der Waals surface area contributed by atoms with Gasteiger partial charge < -0.3 is 10.6 Å². The van der Waals surface area contributed by atoms with Crippen molar-refractivity contribution >= 4 is 27.2 Å². The Morgan fingerprint density at radius 3 is 2.71 bits per heavy atom. The van der Waals surface area contributed by atoms with Crippen molar-refractivity contribution in [1.82, 2.24) is 9.62 Å². The highest BCUT2D eigenvalue weighted by Gasteiger charge is 2.26. The minimum Gasteiger partial charge on any atom is -0.389 e. The number of sulfonamides is 1. The van der Waals surface area contributed by atoms with Crippen LogP contribution in [0.1, 0.15) is 24.0 Å². The van der Waals surface area contributed by atoms with Crippen molar-refractivity contribution in [2.24, 2.45) is 5.73 Å². The zero-order valence-electron chi connectivity index (χ0n) is 12.3. The Balaban J connectivity index is 2.07. The predicted molar refractivity (Wildman–Crippen MR) is 87.9 cm³/mol. The van der Waals surface area contributed by atoms with E-state index in [1.165, 1.54) is 18.9 Å². The third-order valence-electron chi connectivity index (χ3n) is 3.69. The second kappa shape index (κ2) is 6.39. The van der Waals surface area contributed by atoms with Gasteiger partial charge in [-0.05, 0) is 38.4 Å². The number of rotatable bonds is 7. The third-order valence-corrected chi connectivity index (χ3v) is 5.53. The first-order valence-electron chi connectivity index (χ1n) is 6.91. The molecule has 1 aromatic rings. The third kappa shape index (κ3) is 4.23. The molecular formula is C14H21N3O2S2. The molecule has 1 aromatic carbocycles. The maximum atomic E-state index is 12.4. The van der Waals surface area contributed by atoms with Crippen LogP contribution >= 0.6 is 12.2 Å². The number of nitrogens with one attached hydrogen (secondary N) is 1. The van der Waals surface area contributed by atoms with Gasteiger partial charge in [0.2, 0.25) is 10.0 Å². The molecule has 0 bridgehead atoms. The van der Waals surface area contributed by atoms with Crippen molar-refractivity contribution in [1.29, 1.82) is 0 Å². The van der Waals surface area contributed by atoms with Crippen LogP contribution in [0.15, 0.2) is 23.1 Å². The summed E-state index contributed by atoms with van der Waals surface area (Å²) in [6, 6.07) is 5.61. The fraction of sp³-hybridized carbons (Fsp3) is 0.500. The van der Waals surface area contributed by atoms with Crippen LogP contribution in [-0.4, -0.2) is 44.5 Å². The summed E-state index contributed by atoms with van der Waals surface area (Å²) in [7, 11) is -1.52. The zero-order valence-corrected chi connectivity index (χ0v) is 13.9. The van der Waals surface area contributed by atoms with Crippen LogP contribution in [0.2, 0.25) is 0 Å². The van der Waals surface area contributed by atoms with Gasteiger partial charge in [-0.1, -0.05) is 24.4 Å². The predicted octanol–water partition coefficient (Wildman–Crippen LogP) is 1.00. The minimum atomic E-state index is -3.54. The topological polar surface area (TPSA) is 75.4 Å². The van der Waals surface area contributed by atoms with E-state index in [0.29, 0.717) is 30.3 Å². The van der Waals surface area contributed by atoms with Crippen molar-refractivity contribution in [3.8, 4) is 0 Å². The van der Waals surface area contributed by atoms with Gasteiger partial charge in [-0.2, -0.15) is 0 Å². The van der Waals surface area contributed by atoms with Crippen molar-refractivity contribution in [2.45, 2.75) is 30.7 Å². The Hall–Kier alpha value is -1.02. The summed E-state index contributed by atoms with van der Waals surface area (Å²) in [4.78, 5) is 2.61. The maximum Gasteiger partial charge on any atom is 0.240 e. The first kappa shape index (κ1) is 16.4. The Morgan fingerprint density at radius 2 is 2.14 bits per heavy atom. The standard InChI is InChI=1S/C14H21N3O2S2/c1-10-3-4-11(14(15)20)9-13(10)21(18,19)16-7-8-17(2)12-5-6-12/h3-4,9,12,16H,5-8H2,1-2H3,(H2,15,20). The molecule has 0 atom stereocenters. The average molecular weight is 327 g/mol. The number of nitrogens with two attached hydrogens (primary N) is 1. The molecule has 1 fully saturated rings. The molecule has 0 radical (unpaired) electrons. The van der Waals surface area contributed by atoms with E-state index in [4.69, 9.17) is 18.0 Å². The molecule has 0 amide bonds. The lowest BCUT2D eigenvalue weighted by Gasteiger charge is -2.16. The van der Waals surface area contributed by atoms with Gasteiger partial charge in [0, 0.05) is 24.7 Å². The van der Waals surface area contributed by atoms with E-state index in [9.17, 15) is 8.42 Å². The molecule has 0 unspecified atom stereocenters. The monoisotopic (exact) mass is 327 g/mol. The maximum absolute atomic E-state index is 12.4. The molecule has 5 nitrogen and oxygen atoms in total. The van der Waals surface area contributed by atoms with Crippen LogP contribution in [0.5, 0.6) is 0 Å². The van der Waals surface area contributed by atoms with Crippen LogP contribution in [0.25, 0.3) is 0 Å². The van der Waals surface area contributed by atoms with Gasteiger partial charge >= 0.3 is 0 Å². The minimum absolute atomic E-state index is 0.194. The molecule has 1 saturated carbocycles. The Kier molecular flexibility index (Phi) is 4.98. The molecule has 7 heteroatoms. The average Bonchev–Trinajstić information content (AvgIpc) is 3.22. The van der Waals surface area contributed by atoms with E-state index in [1.807, 2.05) is 7.05 Å². The van der Waals surface area contributed by atoms with Gasteiger partial charge in [-0.25, -0.2) is 13.1 Å². The lowest BCUT2D eigenvalue weighted by atomic mass is 10.1. The first-order valence-corrected chi connectivity index (χ1v) is 8.81. The molecule has 3 N–H and O–H groups in total. The van der Waals surface area contributed by atoms with Gasteiger partial charge in [0.25, 0.3) is 0 Å². The fourth-order valence-corrected chi connectivity index (χ4v) is 3.59. The summed E-state index contributed by atoms with van der Waals surface area (Å²) in [5.41, 5.74) is 6.81. The van der Waals surface area contributed by atoms with E-state index >= 15 is 0 Å². The van der Waals surface area contributed by atoms with Crippen LogP contribution in [0.3, 0.4) is 0 Å². The molecule has 1 aliphatic carbocycles. The van der Waals surface area contributed by atoms with Gasteiger partial charge in [-0.15, -0.1) is 0 Å². The SMILES string of the molecule is Cc1ccc(C(N)=S)cc1S(=O)(=O)NCCN(C)C1CC1. The molecule has 116 valence electrons. The number of nitrogens with zero attached hydrogens (tertiary/aromatic N) is 1. The summed E-state index contributed by atoms with van der Waals surface area (Å²) in [5.74, 6) is 0. The van der Waals surface area contributed by atoms with Crippen LogP contribution in [0, 0.1) is 6.92 Å². The largest absolute Gasteiger partial charge is 0.389 e. The zero-order chi connectivity index (χ0) is 15.6. The van der Waals surface area contributed by atoms with Crippen LogP contribution in [-0.2, 0) is 10.0 Å². The van der Waals surface area contributed by atoms with E-state index in [2.05, 4.69) is 9.62 Å². The van der Waals surface area contributed by atoms with E-state index in [0.717, 1.165) is 0 Å². The Bertz CT molecular complexity index is 640. The second-order valence-corrected chi connectivity index (χ2v) is 7.63. The molecule has 1 aliphatic rings. The highest BCUT2D eigenvalue weighted by Crippen LogP contribution is 2.24. The molecule has 0 heterocycles. The van der Waals surface area contributed by atoms with E-state index in [1.54, 1.807) is 19.1 Å². The molecule has 0 aromatic heterocycles. The van der Waals surface area contributed by atoms with Crippen molar-refractivity contribution in [2.75, 3.05) is 20.1 Å². The summed E-state index contributed by atoms with van der Waals surface area (Å²) < 4.78 is 27.4. The highest BCUT2D eigenvalue weighted by molar-refractivity contribution is 7.89. The van der Waals surface area contributed by atoms with Crippen molar-refractivity contribution < 1.29 is 8.42 Å². The normalized spacial score (nSPS) is 15.4. The first-order chi connectivity index (χ1) is 9.81. The highest BCUT2D eigenvalue weighted by atomic mass is 32.2. The summed E-state index contributed by atoms with van der Waals surface area (Å²) in [6.45, 7) is 2.86. The number of hydrogen-bond donors (Lipinski definition) is 2. The lowest BCUT2D eigenvalue weighted by molar-refractivity contribution is 0.329. The smallest absolute Gasteiger partial charge is 0.240 e. The van der Waals surface area contributed by atoms with Gasteiger partial charge in [0.05, 0.1) is 4.90 Å². The van der Waals surface area contributed by atoms with Crippen molar-refractivity contribution in [3.63, 3.8) is 0 Å². The van der Waals surface area contributed by atoms with E-state index < -0.39 is 10.0 Å². The molecule has 0 aliphatic heterocycles. The summed E-state index contributed by atoms with van der Waals surface area (Å²) >= 11 is 4.90. The molecular weight excluding hydrogens is 306 g/mol. The lowest BCUT2D eigenvalue weighted by Crippen LogP contribution is -2.34. The number of benzene rings is 1. The van der Waals surface area contributed by atoms with Gasteiger partial charge in [0.15, 0.2) is 0 Å². The second-order valence-electron chi connectivity index (χ2n) is 5.45.